The van der Waals surface area contributed by atoms with Crippen molar-refractivity contribution >= 4 is 22.9 Å². The molecule has 1 fully saturated rings. The summed E-state index contributed by atoms with van der Waals surface area (Å²) >= 11 is 0. The maximum Gasteiger partial charge on any atom is 0.192 e. The van der Waals surface area contributed by atoms with Crippen molar-refractivity contribution in [1.29, 1.82) is 0 Å². The minimum absolute atomic E-state index is 0.0123. The first kappa shape index (κ1) is 18.2. The summed E-state index contributed by atoms with van der Waals surface area (Å²) in [5.41, 5.74) is 4.09. The maximum atomic E-state index is 13.0. The van der Waals surface area contributed by atoms with Crippen LogP contribution in [0.1, 0.15) is 25.0 Å². The molecule has 0 spiro atoms. The molecule has 1 aliphatic rings. The number of Topliss-reactive ketones (excluding diaryl/α,β-unsaturated/α-hetero) is 2. The van der Waals surface area contributed by atoms with Gasteiger partial charge in [0.25, 0.3) is 0 Å². The molecule has 4 nitrogen and oxygen atoms in total. The highest BCUT2D eigenvalue weighted by Crippen LogP contribution is 2.31. The van der Waals surface area contributed by atoms with Crippen LogP contribution >= 0.6 is 0 Å². The van der Waals surface area contributed by atoms with Crippen molar-refractivity contribution in [2.45, 2.75) is 39.8 Å². The van der Waals surface area contributed by atoms with Crippen LogP contribution in [-0.4, -0.2) is 36.7 Å². The number of rotatable bonds is 6. The van der Waals surface area contributed by atoms with E-state index in [9.17, 15) is 9.59 Å². The molecule has 0 aliphatic heterocycles. The number of likely N-dealkylation sites (N-methyl/N-ethyl adjacent to an activating group) is 2. The van der Waals surface area contributed by atoms with Gasteiger partial charge in [-0.3, -0.25) is 9.59 Å². The van der Waals surface area contributed by atoms with Crippen LogP contribution in [-0.2, 0) is 9.59 Å². The van der Waals surface area contributed by atoms with Gasteiger partial charge in [-0.15, -0.1) is 0 Å². The fraction of sp³-hybridized carbons (Fsp3) is 0.364. The van der Waals surface area contributed by atoms with Crippen molar-refractivity contribution in [3.63, 3.8) is 0 Å². The smallest absolute Gasteiger partial charge is 0.192 e. The van der Waals surface area contributed by atoms with Crippen LogP contribution in [0, 0.1) is 13.8 Å². The second-order valence-corrected chi connectivity index (χ2v) is 6.86. The van der Waals surface area contributed by atoms with E-state index in [1.807, 2.05) is 86.0 Å². The zero-order chi connectivity index (χ0) is 18.8. The van der Waals surface area contributed by atoms with E-state index >= 15 is 0 Å². The lowest BCUT2D eigenvalue weighted by Crippen LogP contribution is -2.70. The average Bonchev–Trinajstić information content (AvgIpc) is 2.63. The molecule has 0 amide bonds. The molecule has 3 rings (SSSR count). The summed E-state index contributed by atoms with van der Waals surface area (Å²) in [6, 6.07) is 14.6. The zero-order valence-electron chi connectivity index (χ0n) is 15.9. The largest absolute Gasteiger partial charge is 0.355 e. The summed E-state index contributed by atoms with van der Waals surface area (Å²) in [5, 5.41) is 0. The summed E-state index contributed by atoms with van der Waals surface area (Å²) in [6.07, 6.45) is 0. The lowest BCUT2D eigenvalue weighted by molar-refractivity contribution is -0.141. The van der Waals surface area contributed by atoms with E-state index in [1.54, 1.807) is 0 Å². The Balaban J connectivity index is 1.86. The summed E-state index contributed by atoms with van der Waals surface area (Å²) in [7, 11) is 0. The Kier molecular flexibility index (Phi) is 5.12. The highest BCUT2D eigenvalue weighted by atomic mass is 16.2. The third-order valence-electron chi connectivity index (χ3n) is 5.05. The number of benzene rings is 2. The molecule has 2 aromatic rings. The first-order valence-corrected chi connectivity index (χ1v) is 9.22. The number of carbonyl (C=O) groups excluding carboxylic acids is 2. The Morgan fingerprint density at radius 3 is 1.42 bits per heavy atom. The predicted octanol–water partition coefficient (Wildman–Crippen LogP) is 3.55. The van der Waals surface area contributed by atoms with E-state index in [0.717, 1.165) is 22.5 Å². The summed E-state index contributed by atoms with van der Waals surface area (Å²) < 4.78 is 0. The summed E-state index contributed by atoms with van der Waals surface area (Å²) in [5.74, 6) is -0.0246. The molecule has 1 aliphatic carbocycles. The fourth-order valence-electron chi connectivity index (χ4n) is 3.74. The molecule has 4 heteroatoms. The highest BCUT2D eigenvalue weighted by Gasteiger charge is 2.54. The average molecular weight is 350 g/mol. The van der Waals surface area contributed by atoms with Crippen molar-refractivity contribution in [3.8, 4) is 0 Å². The lowest BCUT2D eigenvalue weighted by atomic mass is 9.80. The van der Waals surface area contributed by atoms with Gasteiger partial charge < -0.3 is 9.80 Å². The summed E-state index contributed by atoms with van der Waals surface area (Å²) in [4.78, 5) is 29.8. The van der Waals surface area contributed by atoms with Crippen LogP contribution in [0.3, 0.4) is 0 Å². The molecule has 0 heterocycles. The van der Waals surface area contributed by atoms with Gasteiger partial charge in [0.1, 0.15) is 0 Å². The Labute approximate surface area is 155 Å². The fourth-order valence-corrected chi connectivity index (χ4v) is 3.74. The molecule has 0 unspecified atom stereocenters. The topological polar surface area (TPSA) is 40.6 Å². The number of aryl methyl sites for hydroxylation is 2. The summed E-state index contributed by atoms with van der Waals surface area (Å²) in [6.45, 7) is 9.23. The van der Waals surface area contributed by atoms with E-state index < -0.39 is 12.1 Å². The van der Waals surface area contributed by atoms with Gasteiger partial charge in [-0.1, -0.05) is 24.3 Å². The van der Waals surface area contributed by atoms with Crippen LogP contribution in [0.5, 0.6) is 0 Å². The standard InChI is InChI=1S/C22H26N2O2/c1-5-23(17-11-7-9-15(3)13-17)19-21(25)20(22(19)26)24(6-2)18-12-8-10-16(4)14-18/h7-14,19-20H,5-6H2,1-4H3. The SMILES string of the molecule is CCN(c1cccc(C)c1)C1C(=O)C(N(CC)c2cccc(C)c2)C1=O. The van der Waals surface area contributed by atoms with Gasteiger partial charge in [-0.2, -0.15) is 0 Å². The van der Waals surface area contributed by atoms with E-state index in [4.69, 9.17) is 0 Å². The van der Waals surface area contributed by atoms with Gasteiger partial charge in [0.2, 0.25) is 0 Å². The molecule has 0 N–H and O–H groups in total. The molecule has 0 aromatic heterocycles. The molecule has 0 bridgehead atoms. The quantitative estimate of drug-likeness (QED) is 0.747. The second kappa shape index (κ2) is 7.32. The van der Waals surface area contributed by atoms with Gasteiger partial charge >= 0.3 is 0 Å². The predicted molar refractivity (Wildman–Crippen MR) is 106 cm³/mol. The number of hydrogen-bond donors (Lipinski definition) is 0. The van der Waals surface area contributed by atoms with Crippen molar-refractivity contribution < 1.29 is 9.59 Å². The molecule has 0 saturated heterocycles. The Hall–Kier alpha value is -2.62. The van der Waals surface area contributed by atoms with Crippen molar-refractivity contribution in [2.24, 2.45) is 0 Å². The van der Waals surface area contributed by atoms with E-state index in [0.29, 0.717) is 13.1 Å². The number of nitrogens with zero attached hydrogens (tertiary/aromatic N) is 2. The Bertz CT molecular complexity index is 749. The number of anilines is 2. The molecule has 26 heavy (non-hydrogen) atoms. The molecule has 1 saturated carbocycles. The van der Waals surface area contributed by atoms with Crippen LogP contribution in [0.15, 0.2) is 48.5 Å². The second-order valence-electron chi connectivity index (χ2n) is 6.86. The van der Waals surface area contributed by atoms with Gasteiger partial charge in [0.15, 0.2) is 23.7 Å². The van der Waals surface area contributed by atoms with Crippen LogP contribution in [0.4, 0.5) is 11.4 Å². The van der Waals surface area contributed by atoms with Crippen molar-refractivity contribution in [2.75, 3.05) is 22.9 Å². The minimum Gasteiger partial charge on any atom is -0.355 e. The van der Waals surface area contributed by atoms with Crippen LogP contribution in [0.25, 0.3) is 0 Å². The lowest BCUT2D eigenvalue weighted by Gasteiger charge is -2.45. The molecular weight excluding hydrogens is 324 g/mol. The number of carbonyl (C=O) groups is 2. The molecular formula is C22H26N2O2. The first-order chi connectivity index (χ1) is 12.5. The van der Waals surface area contributed by atoms with E-state index in [2.05, 4.69) is 0 Å². The van der Waals surface area contributed by atoms with Gasteiger partial charge in [0, 0.05) is 24.5 Å². The third-order valence-corrected chi connectivity index (χ3v) is 5.05. The molecule has 0 radical (unpaired) electrons. The van der Waals surface area contributed by atoms with E-state index in [-0.39, 0.29) is 11.6 Å². The highest BCUT2D eigenvalue weighted by molar-refractivity contribution is 6.33. The maximum absolute atomic E-state index is 13.0. The van der Waals surface area contributed by atoms with Crippen molar-refractivity contribution in [1.82, 2.24) is 0 Å². The van der Waals surface area contributed by atoms with Crippen LogP contribution < -0.4 is 9.80 Å². The minimum atomic E-state index is -0.675. The van der Waals surface area contributed by atoms with Gasteiger partial charge in [-0.25, -0.2) is 0 Å². The van der Waals surface area contributed by atoms with Gasteiger partial charge in [-0.05, 0) is 63.1 Å². The Morgan fingerprint density at radius 1 is 0.731 bits per heavy atom. The molecule has 0 atom stereocenters. The van der Waals surface area contributed by atoms with E-state index in [1.165, 1.54) is 0 Å². The Morgan fingerprint density at radius 2 is 1.12 bits per heavy atom. The van der Waals surface area contributed by atoms with Gasteiger partial charge in [0.05, 0.1) is 0 Å². The third kappa shape index (κ3) is 3.12. The number of ketones is 2. The monoisotopic (exact) mass is 350 g/mol. The molecule has 2 aromatic carbocycles. The molecule has 136 valence electrons. The zero-order valence-corrected chi connectivity index (χ0v) is 15.9. The number of hydrogen-bond acceptors (Lipinski definition) is 4. The normalized spacial score (nSPS) is 19.2. The first-order valence-electron chi connectivity index (χ1n) is 9.22. The van der Waals surface area contributed by atoms with Crippen molar-refractivity contribution in [3.05, 3.63) is 59.7 Å². The van der Waals surface area contributed by atoms with Crippen LogP contribution in [0.2, 0.25) is 0 Å².